The van der Waals surface area contributed by atoms with Crippen LogP contribution in [-0.2, 0) is 6.54 Å². The van der Waals surface area contributed by atoms with E-state index in [9.17, 15) is 67.6 Å². The molecular formula is C41H13BF20N2O3. The summed E-state index contributed by atoms with van der Waals surface area (Å²) in [4.78, 5) is 23.0. The number of Topliss-reactive ketones (excluding diaryl/α,β-unsaturated/α-hetero) is 1. The van der Waals surface area contributed by atoms with E-state index >= 15 is 35.1 Å². The van der Waals surface area contributed by atoms with Crippen molar-refractivity contribution in [2.75, 3.05) is 0 Å². The van der Waals surface area contributed by atoms with Crippen LogP contribution in [0.4, 0.5) is 93.5 Å². The number of hydrogen-bond donors (Lipinski definition) is 0. The Morgan fingerprint density at radius 3 is 1.04 bits per heavy atom. The monoisotopic (exact) mass is 972 g/mol. The van der Waals surface area contributed by atoms with E-state index in [-0.39, 0.29) is 23.6 Å². The third-order valence-corrected chi connectivity index (χ3v) is 10.2. The Hall–Kier alpha value is -7.54. The Morgan fingerprint density at radius 2 is 0.701 bits per heavy atom. The quantitative estimate of drug-likeness (QED) is 0.0224. The summed E-state index contributed by atoms with van der Waals surface area (Å²) in [7, 11) is 0. The smallest absolute Gasteiger partial charge is 0.280 e. The largest absolute Gasteiger partial charge is 0.287 e. The third-order valence-electron chi connectivity index (χ3n) is 10.2. The Balaban J connectivity index is 0.000000279. The van der Waals surface area contributed by atoms with E-state index in [2.05, 4.69) is 0 Å². The van der Waals surface area contributed by atoms with Crippen molar-refractivity contribution in [2.24, 2.45) is 0 Å². The summed E-state index contributed by atoms with van der Waals surface area (Å²) in [5.74, 6) is -71.7. The van der Waals surface area contributed by atoms with E-state index in [1.165, 1.54) is 12.1 Å². The molecule has 0 bridgehead atoms. The SMILES string of the molecule is Fc1c(F)c(F)c([B-](c2c(F)c(F)c(F)c(F)c2F)(c2c(F)c(F)c(F)c(F)c2F)c2c(F)c(F)c(F)c(F)c2F)c(F)c1F.O=C(C[n+]1cccc2ccccc21)c1ccccc1[N+](=O)[O-]. The number of nitro benzene ring substituents is 1. The molecule has 0 atom stereocenters. The molecule has 0 saturated carbocycles. The fraction of sp³-hybridized carbons (Fsp3) is 0.0244. The molecule has 0 N–H and O–H groups in total. The molecular weight excluding hydrogens is 959 g/mol. The minimum Gasteiger partial charge on any atom is -0.287 e. The number of ketones is 1. The molecule has 0 aliphatic rings. The second-order valence-electron chi connectivity index (χ2n) is 13.7. The molecule has 6 aromatic carbocycles. The van der Waals surface area contributed by atoms with E-state index < -0.39 is 149 Å². The zero-order chi connectivity index (χ0) is 49.9. The van der Waals surface area contributed by atoms with Crippen LogP contribution in [0.15, 0.2) is 66.9 Å². The number of rotatable bonds is 8. The summed E-state index contributed by atoms with van der Waals surface area (Å²) in [6.07, 6.45) is -5.42. The molecule has 5 nitrogen and oxygen atoms in total. The molecule has 1 heterocycles. The normalized spacial score (nSPS) is 11.5. The highest BCUT2D eigenvalue weighted by atomic mass is 19.2. The summed E-state index contributed by atoms with van der Waals surface area (Å²) in [5.41, 5.74) is -13.4. The van der Waals surface area contributed by atoms with Gasteiger partial charge in [0.25, 0.3) is 5.69 Å². The molecule has 1 aromatic heterocycles. The first kappa shape index (κ1) is 48.9. The van der Waals surface area contributed by atoms with Crippen LogP contribution in [-0.4, -0.2) is 16.9 Å². The van der Waals surface area contributed by atoms with Gasteiger partial charge in [0.05, 0.1) is 4.92 Å². The van der Waals surface area contributed by atoms with E-state index in [0.29, 0.717) is 0 Å². The fourth-order valence-electron chi connectivity index (χ4n) is 7.34. The van der Waals surface area contributed by atoms with Crippen molar-refractivity contribution in [1.29, 1.82) is 0 Å². The van der Waals surface area contributed by atoms with Crippen molar-refractivity contribution in [3.8, 4) is 0 Å². The van der Waals surface area contributed by atoms with Gasteiger partial charge in [-0.15, -0.1) is 21.9 Å². The number of nitrogens with zero attached hydrogens (tertiary/aromatic N) is 2. The first-order valence-electron chi connectivity index (χ1n) is 17.7. The highest BCUT2D eigenvalue weighted by Crippen LogP contribution is 2.31. The van der Waals surface area contributed by atoms with Crippen molar-refractivity contribution in [2.45, 2.75) is 6.54 Å². The zero-order valence-corrected chi connectivity index (χ0v) is 31.8. The van der Waals surface area contributed by atoms with Gasteiger partial charge in [-0.3, -0.25) is 14.9 Å². The topological polar surface area (TPSA) is 64.1 Å². The van der Waals surface area contributed by atoms with Gasteiger partial charge in [-0.1, -0.05) is 24.3 Å². The molecule has 0 fully saturated rings. The summed E-state index contributed by atoms with van der Waals surface area (Å²) >= 11 is 0. The average Bonchev–Trinajstić information content (AvgIpc) is 3.31. The van der Waals surface area contributed by atoms with Gasteiger partial charge in [-0.25, -0.2) is 87.8 Å². The first-order chi connectivity index (χ1) is 31.4. The predicted octanol–water partition coefficient (Wildman–Crippen LogP) is 8.76. The molecule has 0 amide bonds. The maximum absolute atomic E-state index is 15.4. The molecule has 0 aliphatic heterocycles. The van der Waals surface area contributed by atoms with Crippen LogP contribution in [0.1, 0.15) is 10.4 Å². The van der Waals surface area contributed by atoms with Crippen LogP contribution in [0.2, 0.25) is 0 Å². The van der Waals surface area contributed by atoms with Gasteiger partial charge in [-0.2, -0.15) is 4.57 Å². The number of halogens is 20. The van der Waals surface area contributed by atoms with Crippen molar-refractivity contribution in [3.63, 3.8) is 0 Å². The Labute approximate surface area is 357 Å². The van der Waals surface area contributed by atoms with Crippen LogP contribution in [0.3, 0.4) is 0 Å². The molecule has 0 aliphatic carbocycles. The highest BCUT2D eigenvalue weighted by molar-refractivity contribution is 7.20. The van der Waals surface area contributed by atoms with Gasteiger partial charge in [0.1, 0.15) is 58.2 Å². The van der Waals surface area contributed by atoms with Gasteiger partial charge >= 0.3 is 0 Å². The number of benzene rings is 6. The molecule has 7 rings (SSSR count). The lowest BCUT2D eigenvalue weighted by Gasteiger charge is -2.44. The van der Waals surface area contributed by atoms with E-state index in [4.69, 9.17) is 0 Å². The molecule has 67 heavy (non-hydrogen) atoms. The third kappa shape index (κ3) is 7.61. The maximum atomic E-state index is 15.4. The van der Waals surface area contributed by atoms with Gasteiger partial charge in [0.2, 0.25) is 17.8 Å². The number of hydrogen-bond acceptors (Lipinski definition) is 3. The van der Waals surface area contributed by atoms with Gasteiger partial charge < -0.3 is 0 Å². The molecule has 0 radical (unpaired) electrons. The summed E-state index contributed by atoms with van der Waals surface area (Å²) in [6.45, 7) is 0.0617. The van der Waals surface area contributed by atoms with Crippen molar-refractivity contribution in [3.05, 3.63) is 199 Å². The van der Waals surface area contributed by atoms with Gasteiger partial charge in [0, 0.05) is 23.6 Å². The van der Waals surface area contributed by atoms with Gasteiger partial charge in [-0.05, 0) is 18.2 Å². The van der Waals surface area contributed by atoms with Crippen LogP contribution in [0.5, 0.6) is 0 Å². The first-order valence-corrected chi connectivity index (χ1v) is 17.7. The van der Waals surface area contributed by atoms with Crippen LogP contribution in [0.25, 0.3) is 10.9 Å². The zero-order valence-electron chi connectivity index (χ0n) is 31.8. The van der Waals surface area contributed by atoms with Crippen molar-refractivity contribution >= 4 is 50.4 Å². The molecule has 7 aromatic rings. The molecule has 348 valence electrons. The number of aromatic nitrogens is 1. The number of pyridine rings is 1. The summed E-state index contributed by atoms with van der Waals surface area (Å²) in [6, 6.07) is 17.5. The maximum Gasteiger partial charge on any atom is 0.280 e. The van der Waals surface area contributed by atoms with Crippen molar-refractivity contribution < 1.29 is 102 Å². The molecule has 0 unspecified atom stereocenters. The van der Waals surface area contributed by atoms with E-state index in [0.717, 1.165) is 10.9 Å². The van der Waals surface area contributed by atoms with Crippen LogP contribution >= 0.6 is 0 Å². The van der Waals surface area contributed by atoms with Gasteiger partial charge in [0.15, 0.2) is 76.0 Å². The number of fused-ring (bicyclic) bond motifs is 1. The van der Waals surface area contributed by atoms with Crippen LogP contribution in [0, 0.1) is 126 Å². The Morgan fingerprint density at radius 1 is 0.418 bits per heavy atom. The predicted molar refractivity (Wildman–Crippen MR) is 191 cm³/mol. The standard InChI is InChI=1S/C24BF20.C17H13N2O3/c26-5-1(6(27)14(35)21(42)13(5)34)25(2-7(28)15(36)22(43)16(37)8(2)29,3-9(30)17(38)23(44)18(39)10(3)31)4-11(32)19(40)24(45)20(41)12(4)33;20-17(14-8-2-4-10-16(14)19(21)22)12-18-11-5-7-13-6-1-3-9-15(13)18/h;1-11H,12H2/q-1;+1. The highest BCUT2D eigenvalue weighted by Gasteiger charge is 2.52. The molecule has 26 heteroatoms. The molecule has 0 saturated heterocycles. The fourth-order valence-corrected chi connectivity index (χ4v) is 7.34. The Kier molecular flexibility index (Phi) is 13.2. The Bertz CT molecular complexity index is 2860. The second kappa shape index (κ2) is 18.0. The lowest BCUT2D eigenvalue weighted by Crippen LogP contribution is -2.81. The average molecular weight is 972 g/mol. The number of nitro groups is 1. The minimum atomic E-state index is -7.22. The van der Waals surface area contributed by atoms with Crippen LogP contribution < -0.4 is 26.4 Å². The molecule has 0 spiro atoms. The van der Waals surface area contributed by atoms with E-state index in [1.807, 2.05) is 36.4 Å². The number of carbonyl (C=O) groups is 1. The summed E-state index contributed by atoms with van der Waals surface area (Å²) in [5, 5.41) is 12.1. The number of carbonyl (C=O) groups excluding carboxylic acids is 1. The lowest BCUT2D eigenvalue weighted by molar-refractivity contribution is -0.657. The van der Waals surface area contributed by atoms with Crippen molar-refractivity contribution in [1.82, 2.24) is 0 Å². The minimum absolute atomic E-state index is 0.0617. The van der Waals surface area contributed by atoms with E-state index in [1.54, 1.807) is 22.9 Å². The lowest BCUT2D eigenvalue weighted by atomic mass is 9.12. The number of para-hydroxylation sites is 2. The summed E-state index contributed by atoms with van der Waals surface area (Å²) < 4.78 is 296. The second-order valence-corrected chi connectivity index (χ2v) is 13.7.